The number of phenols is 1. The van der Waals surface area contributed by atoms with E-state index in [1.807, 2.05) is 0 Å². The van der Waals surface area contributed by atoms with Gasteiger partial charge in [0.2, 0.25) is 5.95 Å². The normalized spacial score (nSPS) is 20.5. The Morgan fingerprint density at radius 2 is 1.94 bits per heavy atom. The first-order chi connectivity index (χ1) is 14.7. The molecule has 1 aromatic heterocycles. The number of rotatable bonds is 4. The fourth-order valence-electron chi connectivity index (χ4n) is 3.99. The molecule has 0 radical (unpaired) electrons. The van der Waals surface area contributed by atoms with Crippen LogP contribution in [-0.4, -0.2) is 64.8 Å². The molecule has 0 bridgehead atoms. The van der Waals surface area contributed by atoms with Crippen LogP contribution in [0.25, 0.3) is 0 Å². The molecule has 11 heteroatoms. The van der Waals surface area contributed by atoms with Crippen LogP contribution in [0.5, 0.6) is 5.75 Å². The van der Waals surface area contributed by atoms with Gasteiger partial charge in [-0.2, -0.15) is 18.2 Å². The van der Waals surface area contributed by atoms with Crippen LogP contribution in [-0.2, 0) is 11.3 Å². The molecule has 8 nitrogen and oxygen atoms in total. The molecule has 2 N–H and O–H groups in total. The first-order valence-corrected chi connectivity index (χ1v) is 9.99. The molecule has 1 aromatic carbocycles. The van der Waals surface area contributed by atoms with Gasteiger partial charge in [0.1, 0.15) is 17.6 Å². The van der Waals surface area contributed by atoms with Crippen LogP contribution in [0.3, 0.4) is 0 Å². The maximum absolute atomic E-state index is 13.9. The molecule has 1 fully saturated rings. The summed E-state index contributed by atoms with van der Waals surface area (Å²) in [5.74, 6) is 0.0629. The van der Waals surface area contributed by atoms with E-state index in [0.29, 0.717) is 32.1 Å². The number of fused-ring (bicyclic) bond motifs is 1. The van der Waals surface area contributed by atoms with E-state index >= 15 is 0 Å². The van der Waals surface area contributed by atoms with E-state index in [0.717, 1.165) is 4.90 Å². The summed E-state index contributed by atoms with van der Waals surface area (Å²) >= 11 is 0. The number of hydrogen-bond donors (Lipinski definition) is 2. The van der Waals surface area contributed by atoms with Gasteiger partial charge < -0.3 is 24.7 Å². The molecule has 3 heterocycles. The van der Waals surface area contributed by atoms with Gasteiger partial charge in [0.15, 0.2) is 0 Å². The number of aromatic nitrogens is 2. The second kappa shape index (κ2) is 8.39. The van der Waals surface area contributed by atoms with Gasteiger partial charge in [-0.3, -0.25) is 9.36 Å². The third-order valence-corrected chi connectivity index (χ3v) is 5.57. The molecular weight excluding hydrogens is 417 g/mol. The average Bonchev–Trinajstić information content (AvgIpc) is 2.73. The number of nitrogens with zero attached hydrogens (tertiary/aromatic N) is 4. The molecule has 1 saturated heterocycles. The van der Waals surface area contributed by atoms with E-state index in [9.17, 15) is 28.2 Å². The summed E-state index contributed by atoms with van der Waals surface area (Å²) < 4.78 is 48.1. The third kappa shape index (κ3) is 4.47. The molecule has 0 amide bonds. The maximum Gasteiger partial charge on any atom is 0.408 e. The molecule has 2 aromatic rings. The lowest BCUT2D eigenvalue weighted by Crippen LogP contribution is -2.53. The lowest BCUT2D eigenvalue weighted by molar-refractivity contribution is -0.153. The predicted octanol–water partition coefficient (Wildman–Crippen LogP) is 1.66. The van der Waals surface area contributed by atoms with Gasteiger partial charge in [0.25, 0.3) is 5.56 Å². The summed E-state index contributed by atoms with van der Waals surface area (Å²) in [6.07, 6.45) is -6.23. The smallest absolute Gasteiger partial charge is 0.408 e. The van der Waals surface area contributed by atoms with Crippen molar-refractivity contribution in [1.82, 2.24) is 9.55 Å². The van der Waals surface area contributed by atoms with Crippen molar-refractivity contribution in [3.05, 3.63) is 46.2 Å². The highest BCUT2D eigenvalue weighted by atomic mass is 19.4. The van der Waals surface area contributed by atoms with Gasteiger partial charge in [-0.25, -0.2) is 0 Å². The molecule has 0 spiro atoms. The summed E-state index contributed by atoms with van der Waals surface area (Å²) in [5.41, 5.74) is -0.173. The van der Waals surface area contributed by atoms with Crippen LogP contribution in [0.1, 0.15) is 18.1 Å². The quantitative estimate of drug-likeness (QED) is 0.747. The van der Waals surface area contributed by atoms with Gasteiger partial charge in [-0.15, -0.1) is 0 Å². The minimum atomic E-state index is -4.57. The van der Waals surface area contributed by atoms with Crippen LogP contribution >= 0.6 is 0 Å². The fraction of sp³-hybridized carbons (Fsp3) is 0.500. The van der Waals surface area contributed by atoms with Crippen molar-refractivity contribution < 1.29 is 28.1 Å². The van der Waals surface area contributed by atoms with E-state index < -0.39 is 30.4 Å². The number of morpholine rings is 1. The number of hydrogen-bond acceptors (Lipinski definition) is 7. The SMILES string of the molecule is O=c1cc(N2CCOCC2)nc2n1CCC(C(F)(F)F)N2C[C@H](O)c1cccc(O)c1. The van der Waals surface area contributed by atoms with E-state index in [1.54, 1.807) is 4.90 Å². The average molecular weight is 440 g/mol. The Morgan fingerprint density at radius 1 is 1.19 bits per heavy atom. The highest BCUT2D eigenvalue weighted by Gasteiger charge is 2.47. The third-order valence-electron chi connectivity index (χ3n) is 5.57. The topological polar surface area (TPSA) is 91.1 Å². The van der Waals surface area contributed by atoms with Gasteiger partial charge in [0.05, 0.1) is 25.9 Å². The summed E-state index contributed by atoms with van der Waals surface area (Å²) in [4.78, 5) is 19.8. The number of β-amino-alcohol motifs (C(OH)–C–C–N with tert-alkyl or cyclic N) is 1. The van der Waals surface area contributed by atoms with Gasteiger partial charge in [-0.05, 0) is 24.1 Å². The van der Waals surface area contributed by atoms with Gasteiger partial charge >= 0.3 is 6.18 Å². The fourth-order valence-corrected chi connectivity index (χ4v) is 3.99. The van der Waals surface area contributed by atoms with Crippen molar-refractivity contribution in [1.29, 1.82) is 0 Å². The Labute approximate surface area is 176 Å². The van der Waals surface area contributed by atoms with Crippen molar-refractivity contribution in [3.8, 4) is 5.75 Å². The summed E-state index contributed by atoms with van der Waals surface area (Å²) in [5, 5.41) is 20.3. The van der Waals surface area contributed by atoms with Gasteiger partial charge in [0, 0.05) is 25.7 Å². The molecule has 31 heavy (non-hydrogen) atoms. The van der Waals surface area contributed by atoms with Crippen LogP contribution in [0, 0.1) is 0 Å². The second-order valence-electron chi connectivity index (χ2n) is 7.61. The van der Waals surface area contributed by atoms with Crippen LogP contribution in [0.15, 0.2) is 35.1 Å². The molecule has 4 rings (SSSR count). The van der Waals surface area contributed by atoms with Crippen molar-refractivity contribution in [2.75, 3.05) is 42.6 Å². The molecule has 2 aliphatic rings. The monoisotopic (exact) mass is 440 g/mol. The van der Waals surface area contributed by atoms with Crippen LogP contribution < -0.4 is 15.4 Å². The molecule has 168 valence electrons. The largest absolute Gasteiger partial charge is 0.508 e. The highest BCUT2D eigenvalue weighted by Crippen LogP contribution is 2.35. The number of halogens is 3. The molecule has 2 atom stereocenters. The first-order valence-electron chi connectivity index (χ1n) is 9.99. The molecule has 0 aliphatic carbocycles. The number of ether oxygens (including phenoxy) is 1. The number of anilines is 2. The summed E-state index contributed by atoms with van der Waals surface area (Å²) in [7, 11) is 0. The zero-order valence-corrected chi connectivity index (χ0v) is 16.6. The van der Waals surface area contributed by atoms with E-state index in [4.69, 9.17) is 4.74 Å². The molecule has 1 unspecified atom stereocenters. The Hall–Kier alpha value is -2.79. The first kappa shape index (κ1) is 21.4. The Kier molecular flexibility index (Phi) is 5.80. The van der Waals surface area contributed by atoms with Crippen LogP contribution in [0.2, 0.25) is 0 Å². The molecule has 2 aliphatic heterocycles. The van der Waals surface area contributed by atoms with Crippen molar-refractivity contribution in [3.63, 3.8) is 0 Å². The van der Waals surface area contributed by atoms with Crippen LogP contribution in [0.4, 0.5) is 24.9 Å². The number of benzene rings is 1. The van der Waals surface area contributed by atoms with E-state index in [1.165, 1.54) is 34.9 Å². The van der Waals surface area contributed by atoms with E-state index in [2.05, 4.69) is 4.98 Å². The van der Waals surface area contributed by atoms with E-state index in [-0.39, 0.29) is 30.2 Å². The minimum absolute atomic E-state index is 0.105. The summed E-state index contributed by atoms with van der Waals surface area (Å²) in [6.45, 7) is 1.27. The molecule has 0 saturated carbocycles. The number of aliphatic hydroxyl groups excluding tert-OH is 1. The van der Waals surface area contributed by atoms with Crippen molar-refractivity contribution in [2.45, 2.75) is 31.3 Å². The zero-order chi connectivity index (χ0) is 22.2. The van der Waals surface area contributed by atoms with Crippen molar-refractivity contribution >= 4 is 11.8 Å². The Bertz CT molecular complexity index is 991. The zero-order valence-electron chi connectivity index (χ0n) is 16.6. The number of aromatic hydroxyl groups is 1. The standard InChI is InChI=1S/C20H23F3N4O4/c21-20(22,23)16-4-5-26-18(30)11-17(25-6-8-31-9-7-25)24-19(26)27(16)12-15(29)13-2-1-3-14(28)10-13/h1-3,10-11,15-16,28-29H,4-9,12H2/t15-,16?/m0/s1. The highest BCUT2D eigenvalue weighted by molar-refractivity contribution is 5.47. The Morgan fingerprint density at radius 3 is 2.61 bits per heavy atom. The van der Waals surface area contributed by atoms with Gasteiger partial charge in [-0.1, -0.05) is 12.1 Å². The number of aliphatic hydroxyl groups is 1. The minimum Gasteiger partial charge on any atom is -0.508 e. The number of phenolic OH excluding ortho intramolecular Hbond substituents is 1. The second-order valence-corrected chi connectivity index (χ2v) is 7.61. The molecular formula is C20H23F3N4O4. The van der Waals surface area contributed by atoms with Crippen molar-refractivity contribution in [2.24, 2.45) is 0 Å². The number of alkyl halides is 3. The Balaban J connectivity index is 1.73. The lowest BCUT2D eigenvalue weighted by atomic mass is 10.1. The predicted molar refractivity (Wildman–Crippen MR) is 106 cm³/mol. The lowest BCUT2D eigenvalue weighted by Gasteiger charge is -2.40. The maximum atomic E-state index is 13.9. The summed E-state index contributed by atoms with van der Waals surface area (Å²) in [6, 6.07) is 5.14.